The summed E-state index contributed by atoms with van der Waals surface area (Å²) in [6.07, 6.45) is 2.19. The number of furan rings is 1. The Kier molecular flexibility index (Phi) is 3.94. The molecule has 3 aromatic heterocycles. The van der Waals surface area contributed by atoms with Crippen LogP contribution in [0.25, 0.3) is 11.6 Å². The summed E-state index contributed by atoms with van der Waals surface area (Å²) < 4.78 is 5.29. The van der Waals surface area contributed by atoms with Crippen molar-refractivity contribution in [3.63, 3.8) is 0 Å². The van der Waals surface area contributed by atoms with E-state index in [0.717, 1.165) is 17.1 Å². The molecule has 1 aliphatic heterocycles. The molecule has 4 heterocycles. The minimum atomic E-state index is -0.384. The lowest BCUT2D eigenvalue weighted by Gasteiger charge is -2.27. The third-order valence-corrected chi connectivity index (χ3v) is 5.13. The van der Waals surface area contributed by atoms with Crippen molar-refractivity contribution in [2.24, 2.45) is 0 Å². The molecule has 0 unspecified atom stereocenters. The van der Waals surface area contributed by atoms with E-state index in [2.05, 4.69) is 14.9 Å². The molecule has 4 rings (SSSR count). The molecule has 0 saturated carbocycles. The molecule has 9 heteroatoms. The summed E-state index contributed by atoms with van der Waals surface area (Å²) in [5, 5.41) is 10.9. The highest BCUT2D eigenvalue weighted by Gasteiger charge is 2.23. The van der Waals surface area contributed by atoms with Crippen LogP contribution in [-0.2, 0) is 19.5 Å². The van der Waals surface area contributed by atoms with Gasteiger partial charge in [0.05, 0.1) is 22.4 Å². The molecule has 0 amide bonds. The van der Waals surface area contributed by atoms with Crippen molar-refractivity contribution in [2.45, 2.75) is 19.5 Å². The molecule has 1 aliphatic rings. The minimum absolute atomic E-state index is 0.134. The van der Waals surface area contributed by atoms with Gasteiger partial charge in [0.2, 0.25) is 0 Å². The molecule has 0 radical (unpaired) electrons. The summed E-state index contributed by atoms with van der Waals surface area (Å²) in [6.45, 7) is 1.80. The lowest BCUT2D eigenvalue weighted by Crippen LogP contribution is -2.35. The first-order valence-electron chi connectivity index (χ1n) is 7.71. The highest BCUT2D eigenvalue weighted by molar-refractivity contribution is 7.15. The smallest absolute Gasteiger partial charge is 0.324 e. The number of hydrogen-bond acceptors (Lipinski definition) is 7. The molecule has 1 N–H and O–H groups in total. The molecule has 0 saturated heterocycles. The molecule has 0 fully saturated rings. The van der Waals surface area contributed by atoms with E-state index in [0.29, 0.717) is 36.7 Å². The van der Waals surface area contributed by atoms with Gasteiger partial charge in [-0.15, -0.1) is 0 Å². The Hall–Kier alpha value is -2.78. The van der Waals surface area contributed by atoms with E-state index in [1.54, 1.807) is 18.2 Å². The molecule has 3 aromatic rings. The second-order valence-corrected chi connectivity index (χ2v) is 6.92. The van der Waals surface area contributed by atoms with Gasteiger partial charge in [-0.1, -0.05) is 11.3 Å². The molecule has 0 aliphatic carbocycles. The molecule has 0 spiro atoms. The number of aromatic nitrogens is 2. The molecule has 128 valence electrons. The van der Waals surface area contributed by atoms with Crippen LogP contribution in [0, 0.1) is 10.1 Å². The van der Waals surface area contributed by atoms with Crippen LogP contribution in [0.4, 0.5) is 5.00 Å². The normalized spacial score (nSPS) is 14.4. The van der Waals surface area contributed by atoms with Gasteiger partial charge in [0, 0.05) is 37.0 Å². The van der Waals surface area contributed by atoms with E-state index in [9.17, 15) is 14.9 Å². The summed E-state index contributed by atoms with van der Waals surface area (Å²) in [5.41, 5.74) is 1.26. The maximum absolute atomic E-state index is 12.4. The van der Waals surface area contributed by atoms with Gasteiger partial charge < -0.3 is 9.40 Å². The lowest BCUT2D eigenvalue weighted by atomic mass is 10.1. The zero-order valence-electron chi connectivity index (χ0n) is 13.1. The number of fused-ring (bicyclic) bond motifs is 1. The topological polar surface area (TPSA) is 105 Å². The second kappa shape index (κ2) is 6.26. The predicted molar refractivity (Wildman–Crippen MR) is 91.4 cm³/mol. The van der Waals surface area contributed by atoms with Crippen molar-refractivity contribution in [1.82, 2.24) is 14.9 Å². The zero-order chi connectivity index (χ0) is 17.4. The first kappa shape index (κ1) is 15.7. The fourth-order valence-corrected chi connectivity index (χ4v) is 3.78. The molecule has 8 nitrogen and oxygen atoms in total. The van der Waals surface area contributed by atoms with E-state index in [4.69, 9.17) is 4.42 Å². The SMILES string of the molecule is O=c1[nH]c(-c2ccco2)nc2c1CN(Cc1ccc([N+](=O)[O-])s1)CC2. The average Bonchev–Trinajstić information content (AvgIpc) is 3.27. The Balaban J connectivity index is 1.55. The standard InChI is InChI=1S/C16H14N4O4S/c21-16-11-9-19(8-10-3-4-14(25-10)20(22)23)6-5-12(11)17-15(18-16)13-2-1-7-24-13/h1-4,7H,5-6,8-9H2,(H,17,18,21). The number of rotatable bonds is 4. The molecule has 0 bridgehead atoms. The third kappa shape index (κ3) is 3.11. The summed E-state index contributed by atoms with van der Waals surface area (Å²) in [4.78, 5) is 33.1. The average molecular weight is 358 g/mol. The zero-order valence-corrected chi connectivity index (χ0v) is 13.9. The number of nitrogens with zero attached hydrogens (tertiary/aromatic N) is 3. The molecule has 0 atom stereocenters. The Morgan fingerprint density at radius 3 is 3.00 bits per heavy atom. The van der Waals surface area contributed by atoms with Crippen LogP contribution >= 0.6 is 11.3 Å². The van der Waals surface area contributed by atoms with Gasteiger partial charge in [0.15, 0.2) is 11.6 Å². The van der Waals surface area contributed by atoms with Gasteiger partial charge in [0.1, 0.15) is 0 Å². The minimum Gasteiger partial charge on any atom is -0.461 e. The summed E-state index contributed by atoms with van der Waals surface area (Å²) >= 11 is 1.17. The monoisotopic (exact) mass is 358 g/mol. The highest BCUT2D eigenvalue weighted by atomic mass is 32.1. The summed E-state index contributed by atoms with van der Waals surface area (Å²) in [5.74, 6) is 0.976. The summed E-state index contributed by atoms with van der Waals surface area (Å²) in [7, 11) is 0. The van der Waals surface area contributed by atoms with E-state index in [-0.39, 0.29) is 15.5 Å². The Labute approximate surface area is 145 Å². The molecular weight excluding hydrogens is 344 g/mol. The van der Waals surface area contributed by atoms with Crippen LogP contribution in [0.3, 0.4) is 0 Å². The number of H-pyrrole nitrogens is 1. The number of thiophene rings is 1. The van der Waals surface area contributed by atoms with Crippen LogP contribution in [-0.4, -0.2) is 26.3 Å². The number of nitro groups is 1. The van der Waals surface area contributed by atoms with Crippen LogP contribution in [0.2, 0.25) is 0 Å². The van der Waals surface area contributed by atoms with Crippen molar-refractivity contribution in [3.05, 3.63) is 67.1 Å². The van der Waals surface area contributed by atoms with E-state index in [1.165, 1.54) is 23.7 Å². The molecule has 0 aromatic carbocycles. The largest absolute Gasteiger partial charge is 0.461 e. The number of aromatic amines is 1. The maximum Gasteiger partial charge on any atom is 0.324 e. The Morgan fingerprint density at radius 1 is 1.40 bits per heavy atom. The van der Waals surface area contributed by atoms with Crippen LogP contribution < -0.4 is 5.56 Å². The third-order valence-electron chi connectivity index (χ3n) is 4.11. The highest BCUT2D eigenvalue weighted by Crippen LogP contribution is 2.26. The van der Waals surface area contributed by atoms with Crippen LogP contribution in [0.5, 0.6) is 0 Å². The Morgan fingerprint density at radius 2 is 2.28 bits per heavy atom. The predicted octanol–water partition coefficient (Wildman–Crippen LogP) is 2.56. The van der Waals surface area contributed by atoms with E-state index in [1.807, 2.05) is 0 Å². The van der Waals surface area contributed by atoms with Crippen LogP contribution in [0.15, 0.2) is 39.7 Å². The lowest BCUT2D eigenvalue weighted by molar-refractivity contribution is -0.380. The van der Waals surface area contributed by atoms with Crippen molar-refractivity contribution in [1.29, 1.82) is 0 Å². The van der Waals surface area contributed by atoms with Gasteiger partial charge in [-0.25, -0.2) is 4.98 Å². The first-order chi connectivity index (χ1) is 12.1. The van der Waals surface area contributed by atoms with Crippen molar-refractivity contribution < 1.29 is 9.34 Å². The van der Waals surface area contributed by atoms with Gasteiger partial charge in [-0.2, -0.15) is 0 Å². The van der Waals surface area contributed by atoms with Crippen LogP contribution in [0.1, 0.15) is 16.1 Å². The quantitative estimate of drug-likeness (QED) is 0.567. The Bertz CT molecular complexity index is 976. The van der Waals surface area contributed by atoms with Crippen molar-refractivity contribution in [2.75, 3.05) is 6.54 Å². The van der Waals surface area contributed by atoms with Gasteiger partial charge in [0.25, 0.3) is 5.56 Å². The number of nitrogens with one attached hydrogen (secondary N) is 1. The van der Waals surface area contributed by atoms with Gasteiger partial charge in [-0.05, 0) is 18.2 Å². The first-order valence-corrected chi connectivity index (χ1v) is 8.53. The van der Waals surface area contributed by atoms with E-state index >= 15 is 0 Å². The number of hydrogen-bond donors (Lipinski definition) is 1. The second-order valence-electron chi connectivity index (χ2n) is 5.77. The fraction of sp³-hybridized carbons (Fsp3) is 0.250. The van der Waals surface area contributed by atoms with Crippen molar-refractivity contribution in [3.8, 4) is 11.6 Å². The maximum atomic E-state index is 12.4. The summed E-state index contributed by atoms with van der Waals surface area (Å²) in [6, 6.07) is 6.78. The van der Waals surface area contributed by atoms with E-state index < -0.39 is 0 Å². The van der Waals surface area contributed by atoms with Gasteiger partial charge >= 0.3 is 5.00 Å². The fourth-order valence-electron chi connectivity index (χ4n) is 2.92. The van der Waals surface area contributed by atoms with Gasteiger partial charge in [-0.3, -0.25) is 19.8 Å². The molecule has 25 heavy (non-hydrogen) atoms. The molecular formula is C16H14N4O4S. The van der Waals surface area contributed by atoms with Crippen molar-refractivity contribution >= 4 is 16.3 Å².